The van der Waals surface area contributed by atoms with Crippen molar-refractivity contribution in [1.82, 2.24) is 5.32 Å². The number of nitrogens with zero attached hydrogens (tertiary/aromatic N) is 1. The average molecular weight is 262 g/mol. The minimum atomic E-state index is 0.177. The number of rotatable bonds is 8. The van der Waals surface area contributed by atoms with Crippen LogP contribution in [0.5, 0.6) is 0 Å². The van der Waals surface area contributed by atoms with Crippen LogP contribution in [0.15, 0.2) is 30.3 Å². The monoisotopic (exact) mass is 262 g/mol. The Morgan fingerprint density at radius 1 is 1.26 bits per heavy atom. The van der Waals surface area contributed by atoms with Gasteiger partial charge in [0.15, 0.2) is 0 Å². The molecule has 106 valence electrons. The Labute approximate surface area is 117 Å². The van der Waals surface area contributed by atoms with Crippen LogP contribution in [0.2, 0.25) is 0 Å². The molecule has 0 saturated carbocycles. The molecule has 1 N–H and O–H groups in total. The number of amides is 1. The summed E-state index contributed by atoms with van der Waals surface area (Å²) in [7, 11) is 2.08. The minimum absolute atomic E-state index is 0.177. The second-order valence-electron chi connectivity index (χ2n) is 5.39. The predicted molar refractivity (Wildman–Crippen MR) is 81.4 cm³/mol. The highest BCUT2D eigenvalue weighted by Gasteiger charge is 2.03. The van der Waals surface area contributed by atoms with Crippen molar-refractivity contribution in [2.75, 3.05) is 25.0 Å². The van der Waals surface area contributed by atoms with Gasteiger partial charge in [-0.2, -0.15) is 0 Å². The van der Waals surface area contributed by atoms with Gasteiger partial charge in [-0.1, -0.05) is 32.0 Å². The van der Waals surface area contributed by atoms with Crippen molar-refractivity contribution < 1.29 is 4.79 Å². The molecule has 0 aliphatic heterocycles. The first kappa shape index (κ1) is 15.5. The van der Waals surface area contributed by atoms with Crippen molar-refractivity contribution in [2.45, 2.75) is 33.1 Å². The van der Waals surface area contributed by atoms with Gasteiger partial charge in [-0.05, 0) is 30.9 Å². The maximum Gasteiger partial charge on any atom is 0.220 e. The highest BCUT2D eigenvalue weighted by Crippen LogP contribution is 2.10. The number of carbonyl (C=O) groups excluding carboxylic acids is 1. The molecule has 3 heteroatoms. The summed E-state index contributed by atoms with van der Waals surface area (Å²) >= 11 is 0. The first-order valence-electron chi connectivity index (χ1n) is 7.12. The van der Waals surface area contributed by atoms with E-state index in [2.05, 4.69) is 43.2 Å². The third-order valence-corrected chi connectivity index (χ3v) is 3.14. The fourth-order valence-electron chi connectivity index (χ4n) is 1.86. The van der Waals surface area contributed by atoms with E-state index < -0.39 is 0 Å². The topological polar surface area (TPSA) is 32.3 Å². The summed E-state index contributed by atoms with van der Waals surface area (Å²) in [6.07, 6.45) is 2.58. The van der Waals surface area contributed by atoms with E-state index in [1.165, 1.54) is 5.69 Å². The number of hydrogen-bond donors (Lipinski definition) is 1. The van der Waals surface area contributed by atoms with Crippen molar-refractivity contribution in [1.29, 1.82) is 0 Å². The number of carbonyl (C=O) groups is 1. The predicted octanol–water partition coefficient (Wildman–Crippen LogP) is 3.07. The lowest BCUT2D eigenvalue weighted by atomic mass is 10.1. The quantitative estimate of drug-likeness (QED) is 0.730. The molecule has 1 aromatic carbocycles. The van der Waals surface area contributed by atoms with Gasteiger partial charge in [0, 0.05) is 32.2 Å². The van der Waals surface area contributed by atoms with Gasteiger partial charge in [0.25, 0.3) is 0 Å². The third-order valence-electron chi connectivity index (χ3n) is 3.14. The third kappa shape index (κ3) is 6.85. The number of nitrogens with one attached hydrogen (secondary N) is 1. The van der Waals surface area contributed by atoms with Crippen molar-refractivity contribution in [3.05, 3.63) is 30.3 Å². The summed E-state index contributed by atoms with van der Waals surface area (Å²) in [5.74, 6) is 0.769. The van der Waals surface area contributed by atoms with Crippen LogP contribution >= 0.6 is 0 Å². The van der Waals surface area contributed by atoms with Gasteiger partial charge >= 0.3 is 0 Å². The van der Waals surface area contributed by atoms with Gasteiger partial charge in [-0.3, -0.25) is 4.79 Å². The Kier molecular flexibility index (Phi) is 7.01. The molecular weight excluding hydrogens is 236 g/mol. The van der Waals surface area contributed by atoms with Crippen LogP contribution in [0.4, 0.5) is 5.69 Å². The Balaban J connectivity index is 2.12. The van der Waals surface area contributed by atoms with Gasteiger partial charge in [0.05, 0.1) is 0 Å². The minimum Gasteiger partial charge on any atom is -0.375 e. The molecule has 3 nitrogen and oxygen atoms in total. The smallest absolute Gasteiger partial charge is 0.220 e. The van der Waals surface area contributed by atoms with Crippen molar-refractivity contribution in [2.24, 2.45) is 5.92 Å². The Hall–Kier alpha value is -1.51. The first-order valence-corrected chi connectivity index (χ1v) is 7.12. The summed E-state index contributed by atoms with van der Waals surface area (Å²) in [6, 6.07) is 10.3. The van der Waals surface area contributed by atoms with E-state index >= 15 is 0 Å². The van der Waals surface area contributed by atoms with Crippen LogP contribution in [0.3, 0.4) is 0 Å². The van der Waals surface area contributed by atoms with Crippen LogP contribution in [-0.4, -0.2) is 26.0 Å². The largest absolute Gasteiger partial charge is 0.375 e. The van der Waals surface area contributed by atoms with Crippen LogP contribution in [0.25, 0.3) is 0 Å². The molecule has 0 bridgehead atoms. The average Bonchev–Trinajstić information content (AvgIpc) is 2.42. The molecule has 19 heavy (non-hydrogen) atoms. The molecule has 0 heterocycles. The van der Waals surface area contributed by atoms with E-state index in [1.807, 2.05) is 18.2 Å². The maximum absolute atomic E-state index is 11.5. The summed E-state index contributed by atoms with van der Waals surface area (Å²) in [4.78, 5) is 13.7. The SMILES string of the molecule is CC(C)CCC(=O)NCCCN(C)c1ccccc1. The summed E-state index contributed by atoms with van der Waals surface area (Å²) in [6.45, 7) is 5.99. The molecule has 1 rings (SSSR count). The highest BCUT2D eigenvalue weighted by atomic mass is 16.1. The molecule has 0 spiro atoms. The summed E-state index contributed by atoms with van der Waals surface area (Å²) < 4.78 is 0. The van der Waals surface area contributed by atoms with Crippen molar-refractivity contribution >= 4 is 11.6 Å². The molecule has 0 aromatic heterocycles. The first-order chi connectivity index (χ1) is 9.09. The second kappa shape index (κ2) is 8.57. The lowest BCUT2D eigenvalue weighted by Crippen LogP contribution is -2.28. The zero-order chi connectivity index (χ0) is 14.1. The number of hydrogen-bond acceptors (Lipinski definition) is 2. The van der Waals surface area contributed by atoms with E-state index in [0.29, 0.717) is 12.3 Å². The van der Waals surface area contributed by atoms with E-state index in [-0.39, 0.29) is 5.91 Å². The van der Waals surface area contributed by atoms with Crippen molar-refractivity contribution in [3.8, 4) is 0 Å². The second-order valence-corrected chi connectivity index (χ2v) is 5.39. The lowest BCUT2D eigenvalue weighted by Gasteiger charge is -2.19. The van der Waals surface area contributed by atoms with E-state index in [9.17, 15) is 4.79 Å². The molecule has 1 aromatic rings. The summed E-state index contributed by atoms with van der Waals surface area (Å²) in [5, 5.41) is 2.98. The standard InChI is InChI=1S/C16H26N2O/c1-14(2)10-11-16(19)17-12-7-13-18(3)15-8-5-4-6-9-15/h4-6,8-9,14H,7,10-13H2,1-3H3,(H,17,19). The van der Waals surface area contributed by atoms with Crippen molar-refractivity contribution in [3.63, 3.8) is 0 Å². The van der Waals surface area contributed by atoms with Gasteiger partial charge in [0.2, 0.25) is 5.91 Å². The lowest BCUT2D eigenvalue weighted by molar-refractivity contribution is -0.121. The molecule has 0 aliphatic rings. The van der Waals surface area contributed by atoms with Gasteiger partial charge in [-0.25, -0.2) is 0 Å². The van der Waals surface area contributed by atoms with Crippen LogP contribution < -0.4 is 10.2 Å². The van der Waals surface area contributed by atoms with E-state index in [4.69, 9.17) is 0 Å². The van der Waals surface area contributed by atoms with E-state index in [0.717, 1.165) is 25.9 Å². The fraction of sp³-hybridized carbons (Fsp3) is 0.562. The van der Waals surface area contributed by atoms with Gasteiger partial charge < -0.3 is 10.2 Å². The molecule has 0 atom stereocenters. The van der Waals surface area contributed by atoms with Crippen LogP contribution in [-0.2, 0) is 4.79 Å². The normalized spacial score (nSPS) is 10.5. The van der Waals surface area contributed by atoms with Gasteiger partial charge in [-0.15, -0.1) is 0 Å². The number of anilines is 1. The molecular formula is C16H26N2O. The molecule has 0 fully saturated rings. The molecule has 1 amide bonds. The van der Waals surface area contributed by atoms with Crippen LogP contribution in [0.1, 0.15) is 33.1 Å². The highest BCUT2D eigenvalue weighted by molar-refractivity contribution is 5.75. The Bertz CT molecular complexity index is 362. The van der Waals surface area contributed by atoms with Gasteiger partial charge in [0.1, 0.15) is 0 Å². The van der Waals surface area contributed by atoms with E-state index in [1.54, 1.807) is 0 Å². The van der Waals surface area contributed by atoms with Crippen LogP contribution in [0, 0.1) is 5.92 Å². The molecule has 0 aliphatic carbocycles. The molecule has 0 saturated heterocycles. The number of benzene rings is 1. The fourth-order valence-corrected chi connectivity index (χ4v) is 1.86. The molecule has 0 unspecified atom stereocenters. The Morgan fingerprint density at radius 2 is 1.95 bits per heavy atom. The zero-order valence-corrected chi connectivity index (χ0v) is 12.4. The number of para-hydroxylation sites is 1. The Morgan fingerprint density at radius 3 is 2.58 bits per heavy atom. The molecule has 0 radical (unpaired) electrons. The summed E-state index contributed by atoms with van der Waals surface area (Å²) in [5.41, 5.74) is 1.22. The maximum atomic E-state index is 11.5. The zero-order valence-electron chi connectivity index (χ0n) is 12.4.